The van der Waals surface area contributed by atoms with Crippen LogP contribution in [0.15, 0.2) is 0 Å². The lowest BCUT2D eigenvalue weighted by atomic mass is 10.0. The van der Waals surface area contributed by atoms with E-state index in [0.717, 1.165) is 82.5 Å². The summed E-state index contributed by atoms with van der Waals surface area (Å²) in [6, 6.07) is 0. The van der Waals surface area contributed by atoms with Crippen LogP contribution in [0.25, 0.3) is 0 Å². The Labute approximate surface area is 310 Å². The van der Waals surface area contributed by atoms with Gasteiger partial charge in [0.15, 0.2) is 0 Å². The fourth-order valence-corrected chi connectivity index (χ4v) is 6.45. The number of amides is 2. The first-order valence-corrected chi connectivity index (χ1v) is 19.6. The van der Waals surface area contributed by atoms with Crippen LogP contribution in [0.3, 0.4) is 0 Å². The van der Waals surface area contributed by atoms with E-state index in [4.69, 9.17) is 0 Å². The number of carbonyl (C=O) groups is 2. The summed E-state index contributed by atoms with van der Waals surface area (Å²) in [5, 5.41) is 2.29. The van der Waals surface area contributed by atoms with Crippen LogP contribution in [0, 0.1) is 0 Å². The van der Waals surface area contributed by atoms with Crippen molar-refractivity contribution in [2.24, 2.45) is 0 Å². The molecule has 2 aliphatic rings. The molecular weight excluding hydrogens is 707 g/mol. The molecule has 2 saturated heterocycles. The van der Waals surface area contributed by atoms with Crippen molar-refractivity contribution in [1.29, 1.82) is 0 Å². The number of hydrogen-bond donors (Lipinski definition) is 1. The number of unbranched alkanes of at least 4 members (excludes halogenated alkanes) is 20. The molecule has 0 aromatic heterocycles. The number of piperazine rings is 2. The summed E-state index contributed by atoms with van der Waals surface area (Å²) in [7, 11) is 4.52. The molecule has 0 aromatic carbocycles. The standard InChI is InChI=1S/C22H45N2O.C16H32N2O.ClH.HI/c1-4-5-6-7-8-9-10-11-12-13-14-15-16-17-22(25)23-18-20-24(2,3)21-19-23;1-2-3-4-5-6-7-8-9-10-11-16(19)18-14-12-17-13-15-18;;/h4-21H2,1-3H3;17H,2-15H2,1H3;2*1H/q+1;;;/p-1. The minimum Gasteiger partial charge on any atom is -1.00 e. The van der Waals surface area contributed by atoms with Crippen LogP contribution < -0.4 is 41.7 Å². The highest BCUT2D eigenvalue weighted by molar-refractivity contribution is 5.76. The number of nitrogens with zero attached hydrogens (tertiary/aromatic N) is 3. The molecule has 0 saturated carbocycles. The molecule has 6 nitrogen and oxygen atoms in total. The monoisotopic (exact) mass is 784 g/mol. The second kappa shape index (κ2) is 33.4. The predicted molar refractivity (Wildman–Crippen MR) is 189 cm³/mol. The van der Waals surface area contributed by atoms with Crippen LogP contribution in [-0.2, 0) is 9.59 Å². The van der Waals surface area contributed by atoms with Gasteiger partial charge in [-0.05, 0) is 12.8 Å². The lowest BCUT2D eigenvalue weighted by Gasteiger charge is -2.39. The van der Waals surface area contributed by atoms with Crippen molar-refractivity contribution >= 4 is 11.8 Å². The lowest BCUT2D eigenvalue weighted by molar-refractivity contribution is -0.894. The van der Waals surface area contributed by atoms with Crippen molar-refractivity contribution < 1.29 is 55.8 Å². The Hall–Kier alpha value is -0.120. The maximum Gasteiger partial charge on any atom is 0.222 e. The number of quaternary nitrogens is 2. The maximum atomic E-state index is 12.2. The molecule has 0 atom stereocenters. The average Bonchev–Trinajstić information content (AvgIpc) is 3.03. The number of likely N-dealkylation sites (N-methyl/N-ethyl adjacent to an activating group) is 1. The third-order valence-corrected chi connectivity index (χ3v) is 9.85. The Morgan fingerprint density at radius 1 is 0.500 bits per heavy atom. The first-order chi connectivity index (χ1) is 21.4. The van der Waals surface area contributed by atoms with Gasteiger partial charge >= 0.3 is 0 Å². The molecule has 2 amide bonds. The molecular formula is C38H78ClIN4O2. The SMILES string of the molecule is CCCCCCCCCCCC(=O)N1CC[NH2+]CC1.CCCCCCCCCCCCCCCC(=O)N1CC[N+](C)(C)CC1.[Cl-].[I-]. The fourth-order valence-electron chi connectivity index (χ4n) is 6.45. The first-order valence-electron chi connectivity index (χ1n) is 19.6. The Kier molecular flexibility index (Phi) is 34.8. The molecule has 0 bridgehead atoms. The van der Waals surface area contributed by atoms with Crippen molar-refractivity contribution in [3.8, 4) is 0 Å². The van der Waals surface area contributed by atoms with Gasteiger partial charge in [0.2, 0.25) is 11.8 Å². The third kappa shape index (κ3) is 27.8. The topological polar surface area (TPSA) is 57.2 Å². The van der Waals surface area contributed by atoms with Gasteiger partial charge in [-0.25, -0.2) is 0 Å². The van der Waals surface area contributed by atoms with E-state index in [1.165, 1.54) is 128 Å². The zero-order valence-corrected chi connectivity index (χ0v) is 34.0. The first kappa shape index (κ1) is 48.0. The Balaban J connectivity index is 0. The van der Waals surface area contributed by atoms with Crippen molar-refractivity contribution in [3.05, 3.63) is 0 Å². The van der Waals surface area contributed by atoms with E-state index in [0.29, 0.717) is 11.8 Å². The van der Waals surface area contributed by atoms with E-state index >= 15 is 0 Å². The third-order valence-electron chi connectivity index (χ3n) is 9.85. The summed E-state index contributed by atoms with van der Waals surface area (Å²) in [4.78, 5) is 28.3. The molecule has 0 unspecified atom stereocenters. The van der Waals surface area contributed by atoms with Gasteiger partial charge in [0.05, 0.1) is 66.5 Å². The van der Waals surface area contributed by atoms with Crippen LogP contribution in [0.1, 0.15) is 168 Å². The Morgan fingerprint density at radius 2 is 0.783 bits per heavy atom. The van der Waals surface area contributed by atoms with Gasteiger partial charge in [-0.3, -0.25) is 9.59 Å². The van der Waals surface area contributed by atoms with Crippen LogP contribution in [0.5, 0.6) is 0 Å². The van der Waals surface area contributed by atoms with Crippen molar-refractivity contribution in [2.45, 2.75) is 168 Å². The lowest BCUT2D eigenvalue weighted by Crippen LogP contribution is -3.00. The highest BCUT2D eigenvalue weighted by atomic mass is 127. The molecule has 2 fully saturated rings. The molecule has 2 heterocycles. The number of halogens is 2. The van der Waals surface area contributed by atoms with E-state index in [9.17, 15) is 9.59 Å². The zero-order valence-electron chi connectivity index (χ0n) is 31.1. The van der Waals surface area contributed by atoms with E-state index < -0.39 is 0 Å². The van der Waals surface area contributed by atoms with Gasteiger partial charge in [-0.2, -0.15) is 0 Å². The summed E-state index contributed by atoms with van der Waals surface area (Å²) in [6.07, 6.45) is 31.2. The van der Waals surface area contributed by atoms with Crippen LogP contribution >= 0.6 is 0 Å². The molecule has 2 aliphatic heterocycles. The van der Waals surface area contributed by atoms with Gasteiger partial charge in [0.25, 0.3) is 0 Å². The predicted octanol–water partition coefficient (Wildman–Crippen LogP) is 1.71. The minimum atomic E-state index is 0. The molecule has 0 radical (unpaired) electrons. The van der Waals surface area contributed by atoms with Gasteiger partial charge < -0.3 is 56.0 Å². The van der Waals surface area contributed by atoms with Gasteiger partial charge in [-0.15, -0.1) is 0 Å². The Morgan fingerprint density at radius 3 is 1.11 bits per heavy atom. The van der Waals surface area contributed by atoms with E-state index in [1.54, 1.807) is 0 Å². The van der Waals surface area contributed by atoms with Crippen molar-refractivity contribution in [2.75, 3.05) is 66.5 Å². The summed E-state index contributed by atoms with van der Waals surface area (Å²) in [5.74, 6) is 0.777. The zero-order chi connectivity index (χ0) is 32.1. The number of nitrogens with two attached hydrogens (primary N) is 1. The highest BCUT2D eigenvalue weighted by Gasteiger charge is 2.26. The second-order valence-corrected chi connectivity index (χ2v) is 14.6. The molecule has 0 aromatic rings. The van der Waals surface area contributed by atoms with Gasteiger partial charge in [-0.1, -0.05) is 142 Å². The Bertz CT molecular complexity index is 682. The number of hydrogen-bond acceptors (Lipinski definition) is 2. The normalized spacial score (nSPS) is 15.7. The minimum absolute atomic E-state index is 0. The number of rotatable bonds is 24. The second-order valence-electron chi connectivity index (χ2n) is 14.6. The van der Waals surface area contributed by atoms with Crippen LogP contribution in [0.4, 0.5) is 0 Å². The molecule has 276 valence electrons. The van der Waals surface area contributed by atoms with Crippen LogP contribution in [-0.4, -0.2) is 92.6 Å². The van der Waals surface area contributed by atoms with Crippen molar-refractivity contribution in [1.82, 2.24) is 9.80 Å². The van der Waals surface area contributed by atoms with Gasteiger partial charge in [0.1, 0.15) is 0 Å². The fraction of sp³-hybridized carbons (Fsp3) is 0.947. The number of carbonyl (C=O) groups excluding carboxylic acids is 2. The molecule has 0 spiro atoms. The molecule has 8 heteroatoms. The van der Waals surface area contributed by atoms with Gasteiger partial charge in [0, 0.05) is 12.8 Å². The summed E-state index contributed by atoms with van der Waals surface area (Å²) in [5.41, 5.74) is 0. The van der Waals surface area contributed by atoms with Crippen LogP contribution in [0.2, 0.25) is 0 Å². The highest BCUT2D eigenvalue weighted by Crippen LogP contribution is 2.15. The summed E-state index contributed by atoms with van der Waals surface area (Å²) < 4.78 is 1.06. The summed E-state index contributed by atoms with van der Waals surface area (Å²) >= 11 is 0. The molecule has 0 aliphatic carbocycles. The summed E-state index contributed by atoms with van der Waals surface area (Å²) in [6.45, 7) is 12.7. The maximum absolute atomic E-state index is 12.2. The van der Waals surface area contributed by atoms with E-state index in [-0.39, 0.29) is 36.4 Å². The average molecular weight is 785 g/mol. The smallest absolute Gasteiger partial charge is 0.222 e. The molecule has 2 N–H and O–H groups in total. The van der Waals surface area contributed by atoms with Crippen molar-refractivity contribution in [3.63, 3.8) is 0 Å². The largest absolute Gasteiger partial charge is 1.00 e. The molecule has 2 rings (SSSR count). The quantitative estimate of drug-likeness (QED) is 0.0922. The molecule has 46 heavy (non-hydrogen) atoms. The van der Waals surface area contributed by atoms with E-state index in [1.807, 2.05) is 4.90 Å². The van der Waals surface area contributed by atoms with E-state index in [2.05, 4.69) is 38.2 Å².